The van der Waals surface area contributed by atoms with Gasteiger partial charge in [-0.25, -0.2) is 0 Å². The maximum atomic E-state index is 6.36. The second kappa shape index (κ2) is 4.59. The van der Waals surface area contributed by atoms with E-state index in [1.165, 1.54) is 0 Å². The predicted molar refractivity (Wildman–Crippen MR) is 68.1 cm³/mol. The van der Waals surface area contributed by atoms with Crippen molar-refractivity contribution in [3.8, 4) is 0 Å². The van der Waals surface area contributed by atoms with Gasteiger partial charge in [-0.1, -0.05) is 11.6 Å². The zero-order chi connectivity index (χ0) is 12.6. The molecule has 1 aliphatic rings. The van der Waals surface area contributed by atoms with Crippen LogP contribution in [-0.2, 0) is 4.74 Å². The van der Waals surface area contributed by atoms with E-state index in [1.807, 2.05) is 4.68 Å². The molecule has 0 amide bonds. The van der Waals surface area contributed by atoms with Crippen molar-refractivity contribution < 1.29 is 4.74 Å². The van der Waals surface area contributed by atoms with Crippen molar-refractivity contribution >= 4 is 11.6 Å². The zero-order valence-electron chi connectivity index (χ0n) is 10.6. The third-order valence-electron chi connectivity index (χ3n) is 3.74. The predicted octanol–water partition coefficient (Wildman–Crippen LogP) is 2.69. The van der Waals surface area contributed by atoms with E-state index in [-0.39, 0.29) is 17.7 Å². The molecule has 2 rings (SSSR count). The van der Waals surface area contributed by atoms with Gasteiger partial charge in [0.05, 0.1) is 28.6 Å². The Balaban J connectivity index is 2.36. The van der Waals surface area contributed by atoms with Crippen LogP contribution in [0.1, 0.15) is 50.9 Å². The lowest BCUT2D eigenvalue weighted by atomic mass is 9.73. The largest absolute Gasteiger partial charge is 0.376 e. The number of ether oxygens (including phenoxy) is 1. The van der Waals surface area contributed by atoms with Crippen LogP contribution in [0.3, 0.4) is 0 Å². The summed E-state index contributed by atoms with van der Waals surface area (Å²) < 4.78 is 7.52. The Morgan fingerprint density at radius 1 is 1.53 bits per heavy atom. The fourth-order valence-electron chi connectivity index (χ4n) is 2.47. The molecule has 1 atom stereocenters. The van der Waals surface area contributed by atoms with E-state index in [1.54, 1.807) is 13.3 Å². The molecule has 1 unspecified atom stereocenters. The van der Waals surface area contributed by atoms with Crippen molar-refractivity contribution in [1.82, 2.24) is 9.78 Å². The third-order valence-corrected chi connectivity index (χ3v) is 4.04. The first kappa shape index (κ1) is 12.9. The number of rotatable bonds is 4. The highest BCUT2D eigenvalue weighted by atomic mass is 35.5. The van der Waals surface area contributed by atoms with Crippen molar-refractivity contribution in [2.45, 2.75) is 50.8 Å². The van der Waals surface area contributed by atoms with Gasteiger partial charge in [0.25, 0.3) is 0 Å². The van der Waals surface area contributed by atoms with Crippen molar-refractivity contribution in [1.29, 1.82) is 0 Å². The van der Waals surface area contributed by atoms with Gasteiger partial charge in [0.1, 0.15) is 0 Å². The zero-order valence-corrected chi connectivity index (χ0v) is 11.4. The molecule has 0 saturated heterocycles. The van der Waals surface area contributed by atoms with E-state index in [9.17, 15) is 0 Å². The summed E-state index contributed by atoms with van der Waals surface area (Å²) >= 11 is 6.21. The van der Waals surface area contributed by atoms with Gasteiger partial charge in [-0.05, 0) is 33.1 Å². The fourth-order valence-corrected chi connectivity index (χ4v) is 2.72. The Labute approximate surface area is 107 Å². The van der Waals surface area contributed by atoms with Gasteiger partial charge in [0, 0.05) is 13.2 Å². The van der Waals surface area contributed by atoms with E-state index >= 15 is 0 Å². The lowest BCUT2D eigenvalue weighted by molar-refractivity contribution is -0.0928. The number of methoxy groups -OCH3 is 1. The molecular formula is C12H20ClN3O. The molecule has 17 heavy (non-hydrogen) atoms. The van der Waals surface area contributed by atoms with Crippen LogP contribution in [0.5, 0.6) is 0 Å². The SMILES string of the molecule is COC1(C(N)c2c(Cl)cnn2C(C)C)CCC1. The molecule has 1 aromatic rings. The molecule has 1 aromatic heterocycles. The van der Waals surface area contributed by atoms with Crippen LogP contribution >= 0.6 is 11.6 Å². The Bertz CT molecular complexity index is 393. The van der Waals surface area contributed by atoms with E-state index < -0.39 is 0 Å². The molecule has 5 heteroatoms. The highest BCUT2D eigenvalue weighted by molar-refractivity contribution is 6.31. The summed E-state index contributed by atoms with van der Waals surface area (Å²) in [6, 6.07) is 0.0381. The second-order valence-corrected chi connectivity index (χ2v) is 5.42. The molecule has 0 aromatic carbocycles. The van der Waals surface area contributed by atoms with Crippen LogP contribution in [-0.4, -0.2) is 22.5 Å². The van der Waals surface area contributed by atoms with E-state index in [0.717, 1.165) is 25.0 Å². The Morgan fingerprint density at radius 3 is 2.59 bits per heavy atom. The highest BCUT2D eigenvalue weighted by Gasteiger charge is 2.45. The standard InChI is InChI=1S/C12H20ClN3O/c1-8(2)16-10(9(13)7-15-16)11(14)12(17-3)5-4-6-12/h7-8,11H,4-6,14H2,1-3H3. The lowest BCUT2D eigenvalue weighted by Crippen LogP contribution is -2.49. The van der Waals surface area contributed by atoms with Gasteiger partial charge in [0.15, 0.2) is 0 Å². The van der Waals surface area contributed by atoms with E-state index in [2.05, 4.69) is 18.9 Å². The average Bonchev–Trinajstić information content (AvgIpc) is 2.59. The van der Waals surface area contributed by atoms with Gasteiger partial charge in [0.2, 0.25) is 0 Å². The molecule has 1 fully saturated rings. The molecule has 1 aliphatic carbocycles. The van der Waals surface area contributed by atoms with Crippen LogP contribution in [0.4, 0.5) is 0 Å². The summed E-state index contributed by atoms with van der Waals surface area (Å²) in [5.41, 5.74) is 7.00. The third kappa shape index (κ3) is 1.98. The first-order chi connectivity index (χ1) is 8.02. The maximum Gasteiger partial charge on any atom is 0.0886 e. The first-order valence-electron chi connectivity index (χ1n) is 6.05. The van der Waals surface area contributed by atoms with Gasteiger partial charge >= 0.3 is 0 Å². The minimum atomic E-state index is -0.254. The number of nitrogens with two attached hydrogens (primary N) is 1. The van der Waals surface area contributed by atoms with Crippen molar-refractivity contribution in [2.24, 2.45) is 5.73 Å². The van der Waals surface area contributed by atoms with Crippen molar-refractivity contribution in [2.75, 3.05) is 7.11 Å². The summed E-state index contributed by atoms with van der Waals surface area (Å²) in [5.74, 6) is 0. The van der Waals surface area contributed by atoms with Crippen LogP contribution in [0, 0.1) is 0 Å². The molecule has 0 radical (unpaired) electrons. The molecule has 2 N–H and O–H groups in total. The normalized spacial score (nSPS) is 20.4. The van der Waals surface area contributed by atoms with Crippen molar-refractivity contribution in [3.63, 3.8) is 0 Å². The minimum Gasteiger partial charge on any atom is -0.376 e. The van der Waals surface area contributed by atoms with Crippen LogP contribution in [0.25, 0.3) is 0 Å². The lowest BCUT2D eigenvalue weighted by Gasteiger charge is -2.45. The average molecular weight is 258 g/mol. The molecule has 1 saturated carbocycles. The highest BCUT2D eigenvalue weighted by Crippen LogP contribution is 2.45. The molecule has 4 nitrogen and oxygen atoms in total. The van der Waals surface area contributed by atoms with Gasteiger partial charge in [-0.3, -0.25) is 4.68 Å². The van der Waals surface area contributed by atoms with Crippen LogP contribution in [0.15, 0.2) is 6.20 Å². The summed E-state index contributed by atoms with van der Waals surface area (Å²) in [7, 11) is 1.73. The first-order valence-corrected chi connectivity index (χ1v) is 6.43. The Morgan fingerprint density at radius 2 is 2.18 bits per heavy atom. The monoisotopic (exact) mass is 257 g/mol. The number of hydrogen-bond acceptors (Lipinski definition) is 3. The van der Waals surface area contributed by atoms with Gasteiger partial charge in [-0.2, -0.15) is 5.10 Å². The second-order valence-electron chi connectivity index (χ2n) is 5.02. The molecule has 0 spiro atoms. The maximum absolute atomic E-state index is 6.36. The smallest absolute Gasteiger partial charge is 0.0886 e. The number of aromatic nitrogens is 2. The van der Waals surface area contributed by atoms with Crippen LogP contribution < -0.4 is 5.73 Å². The topological polar surface area (TPSA) is 53.1 Å². The summed E-state index contributed by atoms with van der Waals surface area (Å²) in [4.78, 5) is 0. The molecule has 1 heterocycles. The van der Waals surface area contributed by atoms with Gasteiger partial charge in [-0.15, -0.1) is 0 Å². The van der Waals surface area contributed by atoms with Gasteiger partial charge < -0.3 is 10.5 Å². The molecule has 0 bridgehead atoms. The molecular weight excluding hydrogens is 238 g/mol. The fraction of sp³-hybridized carbons (Fsp3) is 0.750. The van der Waals surface area contributed by atoms with E-state index in [4.69, 9.17) is 22.1 Å². The quantitative estimate of drug-likeness (QED) is 0.902. The summed E-state index contributed by atoms with van der Waals surface area (Å²) in [6.07, 6.45) is 4.81. The Hall–Kier alpha value is -0.580. The van der Waals surface area contributed by atoms with E-state index in [0.29, 0.717) is 5.02 Å². The number of hydrogen-bond donors (Lipinski definition) is 1. The summed E-state index contributed by atoms with van der Waals surface area (Å²) in [6.45, 7) is 4.14. The van der Waals surface area contributed by atoms with Crippen molar-refractivity contribution in [3.05, 3.63) is 16.9 Å². The summed E-state index contributed by atoms with van der Waals surface area (Å²) in [5, 5.41) is 4.93. The molecule has 0 aliphatic heterocycles. The number of halogens is 1. The number of nitrogens with zero attached hydrogens (tertiary/aromatic N) is 2. The Kier molecular flexibility index (Phi) is 3.48. The molecule has 96 valence electrons. The van der Waals surface area contributed by atoms with Crippen LogP contribution in [0.2, 0.25) is 5.02 Å². The minimum absolute atomic E-state index is 0.210.